The molecule has 6 radical (unpaired) electrons. The van der Waals surface area contributed by atoms with Gasteiger partial charge in [0.05, 0.1) is 0 Å². The molecule has 10 aromatic carbocycles. The van der Waals surface area contributed by atoms with Crippen molar-refractivity contribution in [2.75, 3.05) is 9.80 Å². The molecule has 0 atom stereocenters. The average molecular weight is 1180 g/mol. The number of nitrogens with zero attached hydrogens (tertiary/aromatic N) is 4. The summed E-state index contributed by atoms with van der Waals surface area (Å²) in [6, 6.07) is 63.7. The minimum absolute atomic E-state index is 0.573. The van der Waals surface area contributed by atoms with E-state index in [1.807, 2.05) is 48.5 Å². The maximum absolute atomic E-state index is 11.2. The van der Waals surface area contributed by atoms with E-state index in [2.05, 4.69) is 143 Å². The molecule has 0 aliphatic heterocycles. The summed E-state index contributed by atoms with van der Waals surface area (Å²) >= 11 is 1.62. The van der Waals surface area contributed by atoms with Crippen LogP contribution >= 0.6 is 0 Å². The third kappa shape index (κ3) is 5.59. The van der Waals surface area contributed by atoms with Crippen LogP contribution < -0.4 is 16.0 Å². The fourth-order valence-corrected chi connectivity index (χ4v) is 11.6. The number of para-hydroxylation sites is 4. The minimum atomic E-state index is 0.573. The predicted molar refractivity (Wildman–Crippen MR) is 254 cm³/mol. The first-order chi connectivity index (χ1) is 30.5. The van der Waals surface area contributed by atoms with Gasteiger partial charge in [0.25, 0.3) is 0 Å². The van der Waals surface area contributed by atoms with Crippen LogP contribution in [0.2, 0.25) is 0 Å². The number of rotatable bonds is 6. The molecule has 0 amide bonds. The molecule has 12 rings (SSSR count). The maximum atomic E-state index is 11.2. The van der Waals surface area contributed by atoms with Crippen molar-refractivity contribution in [2.24, 2.45) is 0 Å². The molecule has 0 saturated carbocycles. The Morgan fingerprint density at radius 3 is 1.21 bits per heavy atom. The summed E-state index contributed by atoms with van der Waals surface area (Å²) in [4.78, 5) is 4.47. The first-order valence-corrected chi connectivity index (χ1v) is 24.0. The van der Waals surface area contributed by atoms with Crippen molar-refractivity contribution >= 4 is 168 Å². The Morgan fingerprint density at radius 2 is 0.774 bits per heavy atom. The van der Waals surface area contributed by atoms with E-state index in [0.29, 0.717) is 11.1 Å². The molecular weight excluding hydrogens is 1150 g/mol. The molecule has 0 unspecified atom stereocenters. The first-order valence-electron chi connectivity index (χ1n) is 20.1. The molecule has 0 aliphatic rings. The molecule has 0 N–H and O–H groups in total. The third-order valence-corrected chi connectivity index (χ3v) is 15.4. The van der Waals surface area contributed by atoms with Crippen LogP contribution in [-0.4, -0.2) is 51.5 Å². The summed E-state index contributed by atoms with van der Waals surface area (Å²) in [6.45, 7) is 0. The van der Waals surface area contributed by atoms with Crippen molar-refractivity contribution in [3.05, 3.63) is 181 Å². The van der Waals surface area contributed by atoms with Crippen LogP contribution in [0.5, 0.6) is 0 Å². The standard InChI is InChI=1S/C54H28N4O2.2Pb/c55-31-45-41-23-20-34-28-48(58(36-13-5-2-6-14-36)38-22-26-52-44(30-38)40-16-8-10-18-50(40)60-52)46(32-56)42-24-19-33(53(41)54(34)42)27-47(45)57(35-11-3-1-4-12-35)37-21-25-51-43(29-37)39-15-7-9-17-49(39)59-51;;/h1-11,13,15-30H;;. The second kappa shape index (κ2) is 14.4. The van der Waals surface area contributed by atoms with Gasteiger partial charge in [0.1, 0.15) is 0 Å². The van der Waals surface area contributed by atoms with E-state index in [9.17, 15) is 10.5 Å². The number of nitriles is 2. The number of hydrogen-bond donors (Lipinski definition) is 0. The molecule has 284 valence electrons. The van der Waals surface area contributed by atoms with Gasteiger partial charge < -0.3 is 0 Å². The van der Waals surface area contributed by atoms with Gasteiger partial charge in [-0.2, -0.15) is 0 Å². The van der Waals surface area contributed by atoms with Crippen LogP contribution in [0.1, 0.15) is 11.1 Å². The van der Waals surface area contributed by atoms with Crippen molar-refractivity contribution in [2.45, 2.75) is 0 Å². The van der Waals surface area contributed by atoms with Gasteiger partial charge in [0.2, 0.25) is 0 Å². The SMILES string of the molecule is N#Cc1c(N(c2ccc3oc4ccccc4c3c2)c2cccc[c]2[Pb])cc2ccc3c(C#N)c(N(c4ccc5oc6ccccc6c5c4)c4cccc[c]4[Pb])cc4ccc1c2c43. The first kappa shape index (κ1) is 37.1. The van der Waals surface area contributed by atoms with Crippen molar-refractivity contribution in [1.82, 2.24) is 0 Å². The van der Waals surface area contributed by atoms with Crippen molar-refractivity contribution in [3.8, 4) is 12.1 Å². The molecule has 0 bridgehead atoms. The Kier molecular flexibility index (Phi) is 8.63. The summed E-state index contributed by atoms with van der Waals surface area (Å²) < 4.78 is 14.9. The molecule has 0 aliphatic carbocycles. The van der Waals surface area contributed by atoms with Gasteiger partial charge in [-0.15, -0.1) is 0 Å². The average Bonchev–Trinajstić information content (AvgIpc) is 3.87. The molecule has 0 saturated heterocycles. The van der Waals surface area contributed by atoms with Crippen LogP contribution in [0.15, 0.2) is 179 Å². The van der Waals surface area contributed by atoms with Crippen LogP contribution in [0, 0.1) is 22.7 Å². The van der Waals surface area contributed by atoms with E-state index < -0.39 is 0 Å². The van der Waals surface area contributed by atoms with E-state index in [1.54, 1.807) is 0 Å². The van der Waals surface area contributed by atoms with Crippen LogP contribution in [-0.2, 0) is 0 Å². The second-order valence-corrected chi connectivity index (χ2v) is 19.6. The fraction of sp³-hybridized carbons (Fsp3) is 0. The van der Waals surface area contributed by atoms with E-state index in [0.717, 1.165) is 162 Å². The summed E-state index contributed by atoms with van der Waals surface area (Å²) in [6.07, 6.45) is 0. The second-order valence-electron chi connectivity index (χ2n) is 15.4. The summed E-state index contributed by atoms with van der Waals surface area (Å²) in [5.41, 5.74) is 10.0. The molecule has 12 aromatic rings. The zero-order valence-electron chi connectivity index (χ0n) is 32.8. The van der Waals surface area contributed by atoms with E-state index in [-0.39, 0.29) is 0 Å². The molecule has 62 heavy (non-hydrogen) atoms. The van der Waals surface area contributed by atoms with Gasteiger partial charge in [-0.1, -0.05) is 0 Å². The Labute approximate surface area is 387 Å². The van der Waals surface area contributed by atoms with Gasteiger partial charge in [-0.3, -0.25) is 0 Å². The number of anilines is 6. The van der Waals surface area contributed by atoms with Crippen molar-refractivity contribution in [3.63, 3.8) is 0 Å². The molecule has 0 spiro atoms. The topological polar surface area (TPSA) is 80.3 Å². The van der Waals surface area contributed by atoms with Crippen LogP contribution in [0.25, 0.3) is 76.2 Å². The monoisotopic (exact) mass is 1180 g/mol. The molecule has 8 heteroatoms. The van der Waals surface area contributed by atoms with Crippen LogP contribution in [0.3, 0.4) is 0 Å². The number of fused-ring (bicyclic) bond motifs is 6. The number of furan rings is 2. The molecule has 6 nitrogen and oxygen atoms in total. The number of hydrogen-bond acceptors (Lipinski definition) is 6. The Hall–Kier alpha value is -6.74. The van der Waals surface area contributed by atoms with Gasteiger partial charge in [-0.05, 0) is 0 Å². The quantitative estimate of drug-likeness (QED) is 0.122. The Bertz CT molecular complexity index is 3660. The normalized spacial score (nSPS) is 11.7. The summed E-state index contributed by atoms with van der Waals surface area (Å²) in [5, 5.41) is 32.2. The van der Waals surface area contributed by atoms with Crippen molar-refractivity contribution in [1.29, 1.82) is 10.5 Å². The van der Waals surface area contributed by atoms with Gasteiger partial charge in [0, 0.05) is 0 Å². The Morgan fingerprint density at radius 1 is 0.371 bits per heavy atom. The summed E-state index contributed by atoms with van der Waals surface area (Å²) in [5.74, 6) is 0. The van der Waals surface area contributed by atoms with E-state index >= 15 is 0 Å². The summed E-state index contributed by atoms with van der Waals surface area (Å²) in [7, 11) is 0. The Balaban J connectivity index is 1.10. The van der Waals surface area contributed by atoms with Crippen LogP contribution in [0.4, 0.5) is 34.1 Å². The van der Waals surface area contributed by atoms with Gasteiger partial charge in [-0.25, -0.2) is 0 Å². The van der Waals surface area contributed by atoms with Crippen molar-refractivity contribution < 1.29 is 8.83 Å². The zero-order valence-corrected chi connectivity index (χ0v) is 40.5. The van der Waals surface area contributed by atoms with Gasteiger partial charge >= 0.3 is 390 Å². The molecule has 2 aromatic heterocycles. The number of benzene rings is 10. The third-order valence-electron chi connectivity index (χ3n) is 12.1. The zero-order chi connectivity index (χ0) is 41.6. The van der Waals surface area contributed by atoms with Gasteiger partial charge in [0.15, 0.2) is 0 Å². The molecular formula is C54H28N4O2Pb2. The van der Waals surface area contributed by atoms with E-state index in [1.165, 1.54) is 6.25 Å². The fourth-order valence-electron chi connectivity index (χ4n) is 9.37. The molecule has 0 fully saturated rings. The van der Waals surface area contributed by atoms with E-state index in [4.69, 9.17) is 8.83 Å². The molecule has 2 heterocycles. The predicted octanol–water partition coefficient (Wildman–Crippen LogP) is 12.7.